The van der Waals surface area contributed by atoms with Crippen molar-refractivity contribution in [2.45, 2.75) is 30.5 Å². The Morgan fingerprint density at radius 3 is 2.41 bits per heavy atom. The predicted molar refractivity (Wildman–Crippen MR) is 127 cm³/mol. The molecule has 1 aliphatic heterocycles. The summed E-state index contributed by atoms with van der Waals surface area (Å²) in [4.78, 5) is 0.255. The average Bonchev–Trinajstić information content (AvgIpc) is 2.73. The number of benzene rings is 3. The van der Waals surface area contributed by atoms with Gasteiger partial charge in [0, 0.05) is 23.8 Å². The molecular formula is C23H23ClN2O4S2. The predicted octanol–water partition coefficient (Wildman–Crippen LogP) is 4.34. The Labute approximate surface area is 193 Å². The molecule has 0 aliphatic carbocycles. The largest absolute Gasteiger partial charge is 0.283 e. The van der Waals surface area contributed by atoms with Crippen LogP contribution in [0.15, 0.2) is 71.6 Å². The molecule has 0 bridgehead atoms. The zero-order valence-electron chi connectivity index (χ0n) is 17.5. The van der Waals surface area contributed by atoms with E-state index in [9.17, 15) is 16.8 Å². The molecule has 168 valence electrons. The van der Waals surface area contributed by atoms with Crippen molar-refractivity contribution in [2.75, 3.05) is 11.3 Å². The van der Waals surface area contributed by atoms with Crippen LogP contribution in [0.25, 0.3) is 0 Å². The first-order valence-corrected chi connectivity index (χ1v) is 13.5. The van der Waals surface area contributed by atoms with E-state index in [0.29, 0.717) is 29.2 Å². The molecule has 32 heavy (non-hydrogen) atoms. The van der Waals surface area contributed by atoms with E-state index in [-0.39, 0.29) is 17.2 Å². The third-order valence-electron chi connectivity index (χ3n) is 5.36. The number of anilines is 1. The molecule has 0 aromatic heterocycles. The molecule has 9 heteroatoms. The van der Waals surface area contributed by atoms with Crippen molar-refractivity contribution in [1.82, 2.24) is 4.31 Å². The molecule has 3 aromatic carbocycles. The van der Waals surface area contributed by atoms with Crippen LogP contribution in [-0.4, -0.2) is 27.7 Å². The van der Waals surface area contributed by atoms with Crippen molar-refractivity contribution in [1.29, 1.82) is 0 Å². The van der Waals surface area contributed by atoms with Gasteiger partial charge in [-0.05, 0) is 66.4 Å². The van der Waals surface area contributed by atoms with Gasteiger partial charge in [-0.1, -0.05) is 47.5 Å². The number of halogens is 1. The highest BCUT2D eigenvalue weighted by Crippen LogP contribution is 2.28. The summed E-state index contributed by atoms with van der Waals surface area (Å²) in [7, 11) is -7.29. The monoisotopic (exact) mass is 490 g/mol. The molecule has 4 rings (SSSR count). The van der Waals surface area contributed by atoms with Gasteiger partial charge in [0.25, 0.3) is 0 Å². The number of hydrogen-bond acceptors (Lipinski definition) is 4. The van der Waals surface area contributed by atoms with E-state index in [1.54, 1.807) is 60.7 Å². The van der Waals surface area contributed by atoms with Gasteiger partial charge in [0.05, 0.1) is 10.6 Å². The Morgan fingerprint density at radius 2 is 1.69 bits per heavy atom. The van der Waals surface area contributed by atoms with E-state index in [0.717, 1.165) is 16.7 Å². The lowest BCUT2D eigenvalue weighted by molar-refractivity contribution is 0.391. The highest BCUT2D eigenvalue weighted by Gasteiger charge is 2.28. The summed E-state index contributed by atoms with van der Waals surface area (Å²) in [6.45, 7) is 2.47. The minimum atomic E-state index is -3.66. The van der Waals surface area contributed by atoms with Crippen molar-refractivity contribution < 1.29 is 16.8 Å². The lowest BCUT2D eigenvalue weighted by Crippen LogP contribution is -2.36. The first kappa shape index (κ1) is 22.8. The van der Waals surface area contributed by atoms with Crippen LogP contribution >= 0.6 is 11.6 Å². The SMILES string of the molecule is Cc1ccc(S(=O)(=O)N2CCc3ccc(NS(=O)(=O)Cc4cccc(Cl)c4)cc3C2)cc1. The van der Waals surface area contributed by atoms with Crippen LogP contribution in [0, 0.1) is 6.92 Å². The fraction of sp³-hybridized carbons (Fsp3) is 0.217. The van der Waals surface area contributed by atoms with Crippen LogP contribution in [0.1, 0.15) is 22.3 Å². The number of sulfonamides is 2. The summed E-state index contributed by atoms with van der Waals surface area (Å²) in [5, 5.41) is 0.473. The van der Waals surface area contributed by atoms with Crippen LogP contribution < -0.4 is 4.72 Å². The summed E-state index contributed by atoms with van der Waals surface area (Å²) in [6, 6.07) is 18.7. The maximum atomic E-state index is 13.1. The van der Waals surface area contributed by atoms with Gasteiger partial charge in [-0.3, -0.25) is 4.72 Å². The molecular weight excluding hydrogens is 468 g/mol. The van der Waals surface area contributed by atoms with E-state index < -0.39 is 20.0 Å². The molecule has 0 saturated carbocycles. The molecule has 1 heterocycles. The van der Waals surface area contributed by atoms with Crippen molar-refractivity contribution in [3.8, 4) is 0 Å². The molecule has 0 fully saturated rings. The molecule has 3 aromatic rings. The Balaban J connectivity index is 1.53. The number of aryl methyl sites for hydroxylation is 1. The van der Waals surface area contributed by atoms with Crippen molar-refractivity contribution >= 4 is 37.3 Å². The van der Waals surface area contributed by atoms with Crippen LogP contribution in [-0.2, 0) is 38.8 Å². The second-order valence-electron chi connectivity index (χ2n) is 7.88. The Kier molecular flexibility index (Phi) is 6.31. The summed E-state index contributed by atoms with van der Waals surface area (Å²) >= 11 is 5.95. The maximum absolute atomic E-state index is 13.1. The Bertz CT molecular complexity index is 1350. The molecule has 0 atom stereocenters. The van der Waals surface area contributed by atoms with Gasteiger partial charge in [0.1, 0.15) is 0 Å². The van der Waals surface area contributed by atoms with Gasteiger partial charge in [-0.25, -0.2) is 16.8 Å². The smallest absolute Gasteiger partial charge is 0.243 e. The average molecular weight is 491 g/mol. The quantitative estimate of drug-likeness (QED) is 0.557. The third-order valence-corrected chi connectivity index (χ3v) is 8.72. The van der Waals surface area contributed by atoms with Crippen LogP contribution in [0.4, 0.5) is 5.69 Å². The zero-order chi connectivity index (χ0) is 22.9. The van der Waals surface area contributed by atoms with Gasteiger partial charge in [0.2, 0.25) is 20.0 Å². The minimum Gasteiger partial charge on any atom is -0.283 e. The number of rotatable bonds is 6. The molecule has 0 unspecified atom stereocenters. The van der Waals surface area contributed by atoms with Gasteiger partial charge in [0.15, 0.2) is 0 Å². The minimum absolute atomic E-state index is 0.190. The van der Waals surface area contributed by atoms with Gasteiger partial charge < -0.3 is 0 Å². The summed E-state index contributed by atoms with van der Waals surface area (Å²) in [5.74, 6) is -0.210. The summed E-state index contributed by atoms with van der Waals surface area (Å²) in [6.07, 6.45) is 0.565. The summed E-state index contributed by atoms with van der Waals surface area (Å²) in [5.41, 5.74) is 3.77. The second-order valence-corrected chi connectivity index (χ2v) is 12.0. The van der Waals surface area contributed by atoms with Gasteiger partial charge in [-0.2, -0.15) is 4.31 Å². The molecule has 0 saturated heterocycles. The second kappa shape index (κ2) is 8.86. The topological polar surface area (TPSA) is 83.6 Å². The van der Waals surface area contributed by atoms with Crippen molar-refractivity contribution in [2.24, 2.45) is 0 Å². The zero-order valence-corrected chi connectivity index (χ0v) is 19.8. The first-order chi connectivity index (χ1) is 15.1. The Morgan fingerprint density at radius 1 is 0.938 bits per heavy atom. The van der Waals surface area contributed by atoms with E-state index in [1.807, 2.05) is 13.0 Å². The van der Waals surface area contributed by atoms with E-state index in [4.69, 9.17) is 11.6 Å². The molecule has 0 radical (unpaired) electrons. The number of nitrogens with one attached hydrogen (secondary N) is 1. The van der Waals surface area contributed by atoms with Crippen LogP contribution in [0.3, 0.4) is 0 Å². The molecule has 1 N–H and O–H groups in total. The lowest BCUT2D eigenvalue weighted by Gasteiger charge is -2.28. The highest BCUT2D eigenvalue weighted by atomic mass is 35.5. The molecule has 6 nitrogen and oxygen atoms in total. The number of fused-ring (bicyclic) bond motifs is 1. The van der Waals surface area contributed by atoms with Gasteiger partial charge >= 0.3 is 0 Å². The lowest BCUT2D eigenvalue weighted by atomic mass is 10.0. The van der Waals surface area contributed by atoms with E-state index in [2.05, 4.69) is 4.72 Å². The molecule has 0 spiro atoms. The normalized spacial score (nSPS) is 14.7. The van der Waals surface area contributed by atoms with E-state index >= 15 is 0 Å². The molecule has 1 aliphatic rings. The fourth-order valence-electron chi connectivity index (χ4n) is 3.72. The highest BCUT2D eigenvalue weighted by molar-refractivity contribution is 7.91. The Hall–Kier alpha value is -2.39. The first-order valence-electron chi connectivity index (χ1n) is 10.1. The molecule has 0 amide bonds. The van der Waals surface area contributed by atoms with Crippen molar-refractivity contribution in [3.05, 3.63) is 94.0 Å². The standard InChI is InChI=1S/C23H23ClN2O4S2/c1-17-5-9-23(10-6-17)32(29,30)26-12-11-19-7-8-22(14-20(19)15-26)25-31(27,28)16-18-3-2-4-21(24)13-18/h2-10,13-14,25H,11-12,15-16H2,1H3. The number of nitrogens with zero attached hydrogens (tertiary/aromatic N) is 1. The van der Waals surface area contributed by atoms with E-state index in [1.165, 1.54) is 4.31 Å². The summed E-state index contributed by atoms with van der Waals surface area (Å²) < 4.78 is 55.4. The maximum Gasteiger partial charge on any atom is 0.243 e. The van der Waals surface area contributed by atoms with Gasteiger partial charge in [-0.15, -0.1) is 0 Å². The third kappa shape index (κ3) is 5.15. The fourth-order valence-corrected chi connectivity index (χ4v) is 6.53. The van der Waals surface area contributed by atoms with Crippen molar-refractivity contribution in [3.63, 3.8) is 0 Å². The number of hydrogen-bond donors (Lipinski definition) is 1. The van der Waals surface area contributed by atoms with Crippen LogP contribution in [0.5, 0.6) is 0 Å². The van der Waals surface area contributed by atoms with Crippen LogP contribution in [0.2, 0.25) is 5.02 Å².